The zero-order valence-electron chi connectivity index (χ0n) is 12.3. The second-order valence-corrected chi connectivity index (χ2v) is 5.90. The number of aliphatic hydroxyl groups is 1. The SMILES string of the molecule is Cc1cc(N)cc(C(=O)N2CC(O)CC2CN(C)C)c1. The average Bonchev–Trinajstić information content (AvgIpc) is 2.67. The summed E-state index contributed by atoms with van der Waals surface area (Å²) in [5, 5.41) is 9.85. The van der Waals surface area contributed by atoms with Crippen LogP contribution in [0.2, 0.25) is 0 Å². The van der Waals surface area contributed by atoms with Crippen LogP contribution in [-0.2, 0) is 0 Å². The summed E-state index contributed by atoms with van der Waals surface area (Å²) in [5.74, 6) is -0.0520. The Morgan fingerprint density at radius 2 is 2.15 bits per heavy atom. The summed E-state index contributed by atoms with van der Waals surface area (Å²) in [6, 6.07) is 5.43. The van der Waals surface area contributed by atoms with Gasteiger partial charge in [-0.2, -0.15) is 0 Å². The molecule has 1 aromatic rings. The number of hydrogen-bond acceptors (Lipinski definition) is 4. The first-order valence-corrected chi connectivity index (χ1v) is 6.87. The van der Waals surface area contributed by atoms with Crippen LogP contribution in [0.15, 0.2) is 18.2 Å². The summed E-state index contributed by atoms with van der Waals surface area (Å²) in [6.45, 7) is 3.07. The van der Waals surface area contributed by atoms with Gasteiger partial charge in [0.05, 0.1) is 6.10 Å². The third-order valence-corrected chi connectivity index (χ3v) is 3.58. The van der Waals surface area contributed by atoms with Crippen LogP contribution in [0.1, 0.15) is 22.3 Å². The first kappa shape index (κ1) is 14.8. The monoisotopic (exact) mass is 277 g/mol. The fourth-order valence-electron chi connectivity index (χ4n) is 2.84. The molecule has 5 heteroatoms. The highest BCUT2D eigenvalue weighted by molar-refractivity contribution is 5.95. The highest BCUT2D eigenvalue weighted by Crippen LogP contribution is 2.22. The molecule has 0 spiro atoms. The fraction of sp³-hybridized carbons (Fsp3) is 0.533. The number of likely N-dealkylation sites (N-methyl/N-ethyl adjacent to an activating group) is 1. The molecular weight excluding hydrogens is 254 g/mol. The van der Waals surface area contributed by atoms with Crippen molar-refractivity contribution in [3.05, 3.63) is 29.3 Å². The van der Waals surface area contributed by atoms with Crippen LogP contribution in [0.4, 0.5) is 5.69 Å². The van der Waals surface area contributed by atoms with Crippen LogP contribution < -0.4 is 5.73 Å². The van der Waals surface area contributed by atoms with Crippen molar-refractivity contribution in [3.63, 3.8) is 0 Å². The van der Waals surface area contributed by atoms with Gasteiger partial charge in [-0.25, -0.2) is 0 Å². The van der Waals surface area contributed by atoms with Crippen molar-refractivity contribution >= 4 is 11.6 Å². The average molecular weight is 277 g/mol. The van der Waals surface area contributed by atoms with E-state index in [1.807, 2.05) is 38.1 Å². The Hall–Kier alpha value is -1.59. The number of nitrogens with two attached hydrogens (primary N) is 1. The Morgan fingerprint density at radius 1 is 1.45 bits per heavy atom. The van der Waals surface area contributed by atoms with Gasteiger partial charge in [-0.3, -0.25) is 4.79 Å². The number of anilines is 1. The van der Waals surface area contributed by atoms with Crippen LogP contribution in [0.5, 0.6) is 0 Å². The van der Waals surface area contributed by atoms with E-state index in [9.17, 15) is 9.90 Å². The Labute approximate surface area is 120 Å². The minimum Gasteiger partial charge on any atom is -0.399 e. The molecule has 20 heavy (non-hydrogen) atoms. The molecule has 0 bridgehead atoms. The zero-order chi connectivity index (χ0) is 14.9. The lowest BCUT2D eigenvalue weighted by Gasteiger charge is -2.27. The van der Waals surface area contributed by atoms with Crippen LogP contribution in [-0.4, -0.2) is 60.1 Å². The molecule has 2 atom stereocenters. The van der Waals surface area contributed by atoms with Crippen molar-refractivity contribution < 1.29 is 9.90 Å². The molecule has 2 rings (SSSR count). The summed E-state index contributed by atoms with van der Waals surface area (Å²) in [6.07, 6.45) is 0.191. The molecule has 0 aromatic heterocycles. The number of benzene rings is 1. The first-order valence-electron chi connectivity index (χ1n) is 6.87. The normalized spacial score (nSPS) is 22.6. The number of likely N-dealkylation sites (tertiary alicyclic amines) is 1. The number of rotatable bonds is 3. The number of nitrogens with zero attached hydrogens (tertiary/aromatic N) is 2. The second kappa shape index (κ2) is 5.81. The van der Waals surface area contributed by atoms with E-state index < -0.39 is 6.10 Å². The van der Waals surface area contributed by atoms with Gasteiger partial charge in [0.2, 0.25) is 0 Å². The van der Waals surface area contributed by atoms with E-state index in [2.05, 4.69) is 0 Å². The maximum atomic E-state index is 12.6. The number of carbonyl (C=O) groups is 1. The molecule has 0 saturated carbocycles. The third-order valence-electron chi connectivity index (χ3n) is 3.58. The van der Waals surface area contributed by atoms with Gasteiger partial charge in [0.1, 0.15) is 0 Å². The summed E-state index contributed by atoms with van der Waals surface area (Å²) in [4.78, 5) is 16.4. The number of amides is 1. The summed E-state index contributed by atoms with van der Waals surface area (Å²) in [7, 11) is 3.94. The molecule has 0 aliphatic carbocycles. The molecular formula is C15H23N3O2. The highest BCUT2D eigenvalue weighted by atomic mass is 16.3. The van der Waals surface area contributed by atoms with Crippen LogP contribution in [0.3, 0.4) is 0 Å². The minimum absolute atomic E-state index is 0.0502. The standard InChI is InChI=1S/C15H23N3O2/c1-10-4-11(6-12(16)5-10)15(20)18-9-14(19)7-13(18)8-17(2)3/h4-6,13-14,19H,7-9,16H2,1-3H3. The van der Waals surface area contributed by atoms with Gasteiger partial charge in [0.15, 0.2) is 0 Å². The largest absolute Gasteiger partial charge is 0.399 e. The van der Waals surface area contributed by atoms with E-state index in [-0.39, 0.29) is 11.9 Å². The predicted octanol–water partition coefficient (Wildman–Crippen LogP) is 0.714. The van der Waals surface area contributed by atoms with E-state index in [0.717, 1.165) is 12.1 Å². The number of β-amino-alcohol motifs (C(OH)–C–C–N with tert-alkyl or cyclic N) is 1. The van der Waals surface area contributed by atoms with Gasteiger partial charge in [-0.05, 0) is 51.2 Å². The molecule has 1 aliphatic rings. The number of aliphatic hydroxyl groups excluding tert-OH is 1. The molecule has 1 fully saturated rings. The smallest absolute Gasteiger partial charge is 0.254 e. The van der Waals surface area contributed by atoms with Crippen molar-refractivity contribution in [2.24, 2.45) is 0 Å². The van der Waals surface area contributed by atoms with E-state index >= 15 is 0 Å². The lowest BCUT2D eigenvalue weighted by molar-refractivity contribution is 0.0699. The van der Waals surface area contributed by atoms with Crippen LogP contribution in [0.25, 0.3) is 0 Å². The summed E-state index contributed by atoms with van der Waals surface area (Å²) in [5.41, 5.74) is 7.97. The number of aryl methyl sites for hydroxylation is 1. The van der Waals surface area contributed by atoms with E-state index in [0.29, 0.717) is 24.2 Å². The molecule has 5 nitrogen and oxygen atoms in total. The molecule has 1 aliphatic heterocycles. The number of carbonyl (C=O) groups excluding carboxylic acids is 1. The van der Waals surface area contributed by atoms with E-state index in [1.165, 1.54) is 0 Å². The quantitative estimate of drug-likeness (QED) is 0.799. The maximum Gasteiger partial charge on any atom is 0.254 e. The van der Waals surface area contributed by atoms with Crippen molar-refractivity contribution in [2.45, 2.75) is 25.5 Å². The second-order valence-electron chi connectivity index (χ2n) is 5.90. The maximum absolute atomic E-state index is 12.6. The topological polar surface area (TPSA) is 69.8 Å². The fourth-order valence-corrected chi connectivity index (χ4v) is 2.84. The van der Waals surface area contributed by atoms with Crippen LogP contribution >= 0.6 is 0 Å². The Bertz CT molecular complexity index is 482. The molecule has 3 N–H and O–H groups in total. The molecule has 0 radical (unpaired) electrons. The zero-order valence-corrected chi connectivity index (χ0v) is 12.3. The molecule has 1 saturated heterocycles. The Balaban J connectivity index is 2.22. The first-order chi connectivity index (χ1) is 9.36. The summed E-state index contributed by atoms with van der Waals surface area (Å²) < 4.78 is 0. The third kappa shape index (κ3) is 3.29. The number of nitrogen functional groups attached to an aromatic ring is 1. The Morgan fingerprint density at radius 3 is 2.75 bits per heavy atom. The minimum atomic E-state index is -0.439. The summed E-state index contributed by atoms with van der Waals surface area (Å²) >= 11 is 0. The van der Waals surface area contributed by atoms with E-state index in [4.69, 9.17) is 5.73 Å². The van der Waals surface area contributed by atoms with Crippen molar-refractivity contribution in [3.8, 4) is 0 Å². The van der Waals surface area contributed by atoms with Gasteiger partial charge in [-0.15, -0.1) is 0 Å². The van der Waals surface area contributed by atoms with Crippen molar-refractivity contribution in [1.29, 1.82) is 0 Å². The lowest BCUT2D eigenvalue weighted by Crippen LogP contribution is -2.41. The van der Waals surface area contributed by atoms with Gasteiger partial charge in [-0.1, -0.05) is 0 Å². The highest BCUT2D eigenvalue weighted by Gasteiger charge is 2.34. The number of hydrogen-bond donors (Lipinski definition) is 2. The predicted molar refractivity (Wildman–Crippen MR) is 79.6 cm³/mol. The van der Waals surface area contributed by atoms with Crippen molar-refractivity contribution in [1.82, 2.24) is 9.80 Å². The molecule has 110 valence electrons. The van der Waals surface area contributed by atoms with Gasteiger partial charge >= 0.3 is 0 Å². The van der Waals surface area contributed by atoms with Gasteiger partial charge in [0, 0.05) is 30.4 Å². The molecule has 2 unspecified atom stereocenters. The van der Waals surface area contributed by atoms with Gasteiger partial charge < -0.3 is 20.6 Å². The molecule has 1 amide bonds. The lowest BCUT2D eigenvalue weighted by atomic mass is 10.1. The van der Waals surface area contributed by atoms with Crippen molar-refractivity contribution in [2.75, 3.05) is 32.9 Å². The van der Waals surface area contributed by atoms with Gasteiger partial charge in [0.25, 0.3) is 5.91 Å². The molecule has 1 aromatic carbocycles. The molecule has 1 heterocycles. The van der Waals surface area contributed by atoms with E-state index in [1.54, 1.807) is 11.0 Å². The van der Waals surface area contributed by atoms with Crippen LogP contribution in [0, 0.1) is 6.92 Å². The Kier molecular flexibility index (Phi) is 4.30.